The molecule has 0 aromatic heterocycles. The molecule has 1 aromatic carbocycles. The molecule has 2 N–H and O–H groups in total. The third-order valence-corrected chi connectivity index (χ3v) is 4.74. The van der Waals surface area contributed by atoms with Crippen LogP contribution in [0.5, 0.6) is 5.75 Å². The molecule has 1 heterocycles. The van der Waals surface area contributed by atoms with Crippen molar-refractivity contribution in [3.63, 3.8) is 0 Å². The number of para-hydroxylation sites is 1. The summed E-state index contributed by atoms with van der Waals surface area (Å²) in [6.07, 6.45) is 6.74. The molecule has 3 rings (SSSR count). The van der Waals surface area contributed by atoms with Crippen LogP contribution in [0, 0.1) is 5.92 Å². The molecule has 22 heavy (non-hydrogen) atoms. The Labute approximate surface area is 132 Å². The molecule has 1 saturated carbocycles. The molecule has 2 aliphatic rings. The van der Waals surface area contributed by atoms with Gasteiger partial charge in [-0.25, -0.2) is 0 Å². The number of nitrogens with one attached hydrogen (secondary N) is 2. The minimum absolute atomic E-state index is 0.144. The second-order valence-corrected chi connectivity index (χ2v) is 6.45. The van der Waals surface area contributed by atoms with Gasteiger partial charge in [-0.05, 0) is 57.2 Å². The van der Waals surface area contributed by atoms with Gasteiger partial charge in [0.1, 0.15) is 5.75 Å². The maximum atomic E-state index is 12.0. The van der Waals surface area contributed by atoms with E-state index >= 15 is 0 Å². The molecule has 1 aliphatic heterocycles. The van der Waals surface area contributed by atoms with E-state index in [2.05, 4.69) is 10.6 Å². The zero-order valence-electron chi connectivity index (χ0n) is 13.1. The fourth-order valence-corrected chi connectivity index (χ4v) is 3.01. The van der Waals surface area contributed by atoms with Crippen molar-refractivity contribution >= 4 is 5.91 Å². The molecule has 4 nitrogen and oxygen atoms in total. The van der Waals surface area contributed by atoms with Crippen molar-refractivity contribution in [2.24, 2.45) is 5.92 Å². The fourth-order valence-electron chi connectivity index (χ4n) is 3.01. The van der Waals surface area contributed by atoms with Crippen molar-refractivity contribution in [1.29, 1.82) is 0 Å². The van der Waals surface area contributed by atoms with Crippen LogP contribution >= 0.6 is 0 Å². The average Bonchev–Trinajstić information content (AvgIpc) is 3.01. The smallest absolute Gasteiger partial charge is 0.220 e. The molecule has 4 heteroatoms. The minimum Gasteiger partial charge on any atom is -0.490 e. The van der Waals surface area contributed by atoms with Crippen LogP contribution in [0.4, 0.5) is 0 Å². The molecule has 2 fully saturated rings. The van der Waals surface area contributed by atoms with E-state index < -0.39 is 0 Å². The summed E-state index contributed by atoms with van der Waals surface area (Å²) >= 11 is 0. The average molecular weight is 302 g/mol. The summed E-state index contributed by atoms with van der Waals surface area (Å²) in [5.74, 6) is 1.73. The lowest BCUT2D eigenvalue weighted by molar-refractivity contribution is -0.121. The summed E-state index contributed by atoms with van der Waals surface area (Å²) in [5.41, 5.74) is 1.07. The summed E-state index contributed by atoms with van der Waals surface area (Å²) in [7, 11) is 0. The van der Waals surface area contributed by atoms with E-state index in [1.165, 1.54) is 12.8 Å². The largest absolute Gasteiger partial charge is 0.490 e. The first-order valence-corrected chi connectivity index (χ1v) is 8.53. The lowest BCUT2D eigenvalue weighted by Crippen LogP contribution is -2.27. The van der Waals surface area contributed by atoms with E-state index in [1.54, 1.807) is 0 Å². The van der Waals surface area contributed by atoms with Crippen LogP contribution in [0.25, 0.3) is 0 Å². The van der Waals surface area contributed by atoms with Gasteiger partial charge in [-0.2, -0.15) is 0 Å². The van der Waals surface area contributed by atoms with Gasteiger partial charge in [0.2, 0.25) is 5.91 Å². The second kappa shape index (κ2) is 7.63. The molecule has 1 saturated heterocycles. The number of benzene rings is 1. The summed E-state index contributed by atoms with van der Waals surface area (Å²) in [4.78, 5) is 12.0. The Morgan fingerprint density at radius 1 is 1.27 bits per heavy atom. The molecular weight excluding hydrogens is 276 g/mol. The predicted molar refractivity (Wildman–Crippen MR) is 86.8 cm³/mol. The van der Waals surface area contributed by atoms with Crippen LogP contribution in [0.1, 0.15) is 44.1 Å². The Morgan fingerprint density at radius 2 is 2.14 bits per heavy atom. The molecule has 0 radical (unpaired) electrons. The van der Waals surface area contributed by atoms with E-state index in [4.69, 9.17) is 4.74 Å². The molecule has 1 amide bonds. The van der Waals surface area contributed by atoms with Crippen molar-refractivity contribution in [2.75, 3.05) is 13.1 Å². The van der Waals surface area contributed by atoms with Crippen molar-refractivity contribution in [2.45, 2.75) is 51.2 Å². The Hall–Kier alpha value is -1.55. The SMILES string of the molecule is O=C(CCC1CCNC1)NCc1ccccc1OC1CCC1. The molecule has 1 atom stereocenters. The zero-order chi connectivity index (χ0) is 15.2. The van der Waals surface area contributed by atoms with Crippen LogP contribution in [0.3, 0.4) is 0 Å². The summed E-state index contributed by atoms with van der Waals surface area (Å²) in [6.45, 7) is 2.72. The van der Waals surface area contributed by atoms with Gasteiger partial charge in [0.05, 0.1) is 6.10 Å². The second-order valence-electron chi connectivity index (χ2n) is 6.45. The van der Waals surface area contributed by atoms with Crippen molar-refractivity contribution in [1.82, 2.24) is 10.6 Å². The Bertz CT molecular complexity index is 494. The molecule has 1 aromatic rings. The van der Waals surface area contributed by atoms with Gasteiger partial charge >= 0.3 is 0 Å². The maximum absolute atomic E-state index is 12.0. The standard InChI is InChI=1S/C18H26N2O2/c21-18(9-8-14-10-11-19-12-14)20-13-15-4-1-2-7-17(15)22-16-5-3-6-16/h1-2,4,7,14,16,19H,3,5-6,8-13H2,(H,20,21). The summed E-state index contributed by atoms with van der Waals surface area (Å²) in [6, 6.07) is 8.03. The highest BCUT2D eigenvalue weighted by molar-refractivity contribution is 5.75. The number of hydrogen-bond acceptors (Lipinski definition) is 3. The Balaban J connectivity index is 1.44. The lowest BCUT2D eigenvalue weighted by Gasteiger charge is -2.27. The van der Waals surface area contributed by atoms with Crippen molar-refractivity contribution in [3.8, 4) is 5.75 Å². The Morgan fingerprint density at radius 3 is 2.86 bits per heavy atom. The van der Waals surface area contributed by atoms with Gasteiger partial charge in [0, 0.05) is 18.5 Å². The van der Waals surface area contributed by atoms with E-state index in [1.807, 2.05) is 24.3 Å². The van der Waals surface area contributed by atoms with Crippen LogP contribution < -0.4 is 15.4 Å². The third kappa shape index (κ3) is 4.23. The quantitative estimate of drug-likeness (QED) is 0.814. The molecule has 1 unspecified atom stereocenters. The van der Waals surface area contributed by atoms with Gasteiger partial charge in [0.15, 0.2) is 0 Å². The first-order chi connectivity index (χ1) is 10.8. The highest BCUT2D eigenvalue weighted by atomic mass is 16.5. The topological polar surface area (TPSA) is 50.4 Å². The van der Waals surface area contributed by atoms with Gasteiger partial charge in [-0.1, -0.05) is 18.2 Å². The van der Waals surface area contributed by atoms with Crippen LogP contribution in [0.2, 0.25) is 0 Å². The van der Waals surface area contributed by atoms with Crippen molar-refractivity contribution in [3.05, 3.63) is 29.8 Å². The number of hydrogen-bond donors (Lipinski definition) is 2. The van der Waals surface area contributed by atoms with Crippen LogP contribution in [-0.4, -0.2) is 25.1 Å². The first-order valence-electron chi connectivity index (χ1n) is 8.53. The Kier molecular flexibility index (Phi) is 5.33. The van der Waals surface area contributed by atoms with E-state index in [9.17, 15) is 4.79 Å². The first kappa shape index (κ1) is 15.3. The zero-order valence-corrected chi connectivity index (χ0v) is 13.1. The number of ether oxygens (including phenoxy) is 1. The highest BCUT2D eigenvalue weighted by Gasteiger charge is 2.20. The number of amides is 1. The third-order valence-electron chi connectivity index (χ3n) is 4.74. The summed E-state index contributed by atoms with van der Waals surface area (Å²) < 4.78 is 6.00. The van der Waals surface area contributed by atoms with Gasteiger partial charge in [0.25, 0.3) is 0 Å². The van der Waals surface area contributed by atoms with E-state index in [0.717, 1.165) is 43.7 Å². The maximum Gasteiger partial charge on any atom is 0.220 e. The van der Waals surface area contributed by atoms with Crippen LogP contribution in [-0.2, 0) is 11.3 Å². The molecule has 0 bridgehead atoms. The molecule has 120 valence electrons. The van der Waals surface area contributed by atoms with Crippen LogP contribution in [0.15, 0.2) is 24.3 Å². The number of rotatable bonds is 7. The molecule has 1 aliphatic carbocycles. The monoisotopic (exact) mass is 302 g/mol. The number of carbonyl (C=O) groups excluding carboxylic acids is 1. The highest BCUT2D eigenvalue weighted by Crippen LogP contribution is 2.27. The van der Waals surface area contributed by atoms with Gasteiger partial charge in [-0.15, -0.1) is 0 Å². The lowest BCUT2D eigenvalue weighted by atomic mass is 9.96. The molecule has 0 spiro atoms. The van der Waals surface area contributed by atoms with Gasteiger partial charge in [-0.3, -0.25) is 4.79 Å². The van der Waals surface area contributed by atoms with E-state index in [-0.39, 0.29) is 5.91 Å². The summed E-state index contributed by atoms with van der Waals surface area (Å²) in [5, 5.41) is 6.38. The normalized spacial score (nSPS) is 21.4. The van der Waals surface area contributed by atoms with Crippen molar-refractivity contribution < 1.29 is 9.53 Å². The van der Waals surface area contributed by atoms with Gasteiger partial charge < -0.3 is 15.4 Å². The fraction of sp³-hybridized carbons (Fsp3) is 0.611. The van der Waals surface area contributed by atoms with E-state index in [0.29, 0.717) is 25.0 Å². The predicted octanol–water partition coefficient (Wildman–Crippen LogP) is 2.62. The molecular formula is C18H26N2O2. The number of carbonyl (C=O) groups is 1. The minimum atomic E-state index is 0.144.